The minimum Gasteiger partial charge on any atom is -0.309 e. The van der Waals surface area contributed by atoms with Gasteiger partial charge in [0.15, 0.2) is 0 Å². The van der Waals surface area contributed by atoms with Crippen LogP contribution in [0.15, 0.2) is 72.8 Å². The maximum Gasteiger partial charge on any atom is 0.0891 e. The number of hydrogen-bond acceptors (Lipinski definition) is 2. The van der Waals surface area contributed by atoms with Crippen molar-refractivity contribution in [2.45, 2.75) is 44.9 Å². The van der Waals surface area contributed by atoms with Crippen LogP contribution in [0.5, 0.6) is 0 Å². The number of hydrogen-bond donors (Lipinski definition) is 0. The summed E-state index contributed by atoms with van der Waals surface area (Å²) in [6.07, 6.45) is 6.06. The Balaban J connectivity index is 1.46. The molecule has 6 rings (SSSR count). The van der Waals surface area contributed by atoms with Crippen LogP contribution in [0.4, 0.5) is 0 Å². The number of rotatable bonds is 2. The van der Waals surface area contributed by atoms with Crippen LogP contribution in [0.1, 0.15) is 49.9 Å². The molecule has 154 valence electrons. The van der Waals surface area contributed by atoms with Crippen molar-refractivity contribution in [3.05, 3.63) is 84.2 Å². The lowest BCUT2D eigenvalue weighted by Crippen LogP contribution is -2.08. The fourth-order valence-electron chi connectivity index (χ4n) is 5.14. The molecule has 0 radical (unpaired) electrons. The third-order valence-corrected chi connectivity index (χ3v) is 6.74. The molecule has 1 aliphatic carbocycles. The van der Waals surface area contributed by atoms with E-state index in [1.165, 1.54) is 58.9 Å². The zero-order valence-electron chi connectivity index (χ0n) is 17.8. The van der Waals surface area contributed by atoms with E-state index >= 15 is 0 Å². The average Bonchev–Trinajstić information content (AvgIpc) is 3.37. The molecule has 0 saturated heterocycles. The second-order valence-corrected chi connectivity index (χ2v) is 8.72. The number of aromatic nitrogens is 4. The van der Waals surface area contributed by atoms with E-state index in [9.17, 15) is 0 Å². The van der Waals surface area contributed by atoms with Crippen LogP contribution < -0.4 is 0 Å². The van der Waals surface area contributed by atoms with Crippen molar-refractivity contribution in [3.63, 3.8) is 0 Å². The Kier molecular flexibility index (Phi) is 4.37. The summed E-state index contributed by atoms with van der Waals surface area (Å²) in [5.41, 5.74) is 7.19. The quantitative estimate of drug-likeness (QED) is 0.332. The normalized spacial score (nSPS) is 16.9. The molecular formula is C27H26N4. The minimum absolute atomic E-state index is 0.487. The minimum atomic E-state index is 0.487. The molecule has 4 nitrogen and oxygen atoms in total. The summed E-state index contributed by atoms with van der Waals surface area (Å²) in [7, 11) is 0. The number of nitrogens with zero attached hydrogens (tertiary/aromatic N) is 4. The topological polar surface area (TPSA) is 35.6 Å². The first-order valence-electron chi connectivity index (χ1n) is 11.3. The lowest BCUT2D eigenvalue weighted by molar-refractivity contribution is 0.546. The Hall–Kier alpha value is -3.40. The maximum absolute atomic E-state index is 4.58. The van der Waals surface area contributed by atoms with Gasteiger partial charge in [0, 0.05) is 22.4 Å². The summed E-state index contributed by atoms with van der Waals surface area (Å²) in [5.74, 6) is 0.487. The zero-order valence-corrected chi connectivity index (χ0v) is 17.8. The second-order valence-electron chi connectivity index (χ2n) is 8.72. The zero-order chi connectivity index (χ0) is 20.8. The van der Waals surface area contributed by atoms with E-state index in [2.05, 4.69) is 99.3 Å². The molecule has 0 bridgehead atoms. The van der Waals surface area contributed by atoms with Crippen molar-refractivity contribution in [3.8, 4) is 11.4 Å². The van der Waals surface area contributed by atoms with E-state index in [4.69, 9.17) is 0 Å². The summed E-state index contributed by atoms with van der Waals surface area (Å²) >= 11 is 0. The van der Waals surface area contributed by atoms with Gasteiger partial charge in [0.25, 0.3) is 0 Å². The van der Waals surface area contributed by atoms with Gasteiger partial charge in [0.05, 0.1) is 28.1 Å². The third kappa shape index (κ3) is 2.97. The van der Waals surface area contributed by atoms with Gasteiger partial charge in [-0.25, -0.2) is 4.68 Å². The summed E-state index contributed by atoms with van der Waals surface area (Å²) in [6.45, 7) is 2.29. The first-order chi connectivity index (χ1) is 15.3. The SMILES string of the molecule is CC1CCCCCc2c1nnn2-c1ccc(-n2c3ccccc3c3ccccc32)cc1. The molecule has 0 saturated carbocycles. The molecule has 1 atom stereocenters. The number of benzene rings is 3. The molecule has 0 fully saturated rings. The van der Waals surface area contributed by atoms with Crippen molar-refractivity contribution in [2.75, 3.05) is 0 Å². The maximum atomic E-state index is 4.58. The number of fused-ring (bicyclic) bond motifs is 4. The molecular weight excluding hydrogens is 380 g/mol. The fraction of sp³-hybridized carbons (Fsp3) is 0.259. The molecule has 1 aliphatic rings. The molecule has 2 aromatic heterocycles. The van der Waals surface area contributed by atoms with Gasteiger partial charge in [-0.05, 0) is 55.7 Å². The highest BCUT2D eigenvalue weighted by molar-refractivity contribution is 6.09. The first-order valence-corrected chi connectivity index (χ1v) is 11.3. The van der Waals surface area contributed by atoms with Crippen LogP contribution in [0.25, 0.3) is 33.2 Å². The third-order valence-electron chi connectivity index (χ3n) is 6.74. The van der Waals surface area contributed by atoms with Gasteiger partial charge in [-0.15, -0.1) is 5.10 Å². The van der Waals surface area contributed by atoms with Crippen molar-refractivity contribution in [2.24, 2.45) is 0 Å². The summed E-state index contributed by atoms with van der Waals surface area (Å²) in [6, 6.07) is 26.0. The molecule has 0 amide bonds. The number of para-hydroxylation sites is 2. The Bertz CT molecular complexity index is 1320. The lowest BCUT2D eigenvalue weighted by atomic mass is 9.93. The van der Waals surface area contributed by atoms with E-state index in [1.807, 2.05) is 0 Å². The largest absolute Gasteiger partial charge is 0.309 e. The summed E-state index contributed by atoms with van der Waals surface area (Å²) < 4.78 is 4.41. The average molecular weight is 407 g/mol. The fourth-order valence-corrected chi connectivity index (χ4v) is 5.14. The molecule has 2 heterocycles. The molecule has 5 aromatic rings. The lowest BCUT2D eigenvalue weighted by Gasteiger charge is -2.16. The highest BCUT2D eigenvalue weighted by Crippen LogP contribution is 2.33. The summed E-state index contributed by atoms with van der Waals surface area (Å²) in [5, 5.41) is 11.7. The van der Waals surface area contributed by atoms with E-state index in [0.717, 1.165) is 17.8 Å². The van der Waals surface area contributed by atoms with Crippen molar-refractivity contribution >= 4 is 21.8 Å². The molecule has 31 heavy (non-hydrogen) atoms. The van der Waals surface area contributed by atoms with Crippen molar-refractivity contribution in [1.29, 1.82) is 0 Å². The van der Waals surface area contributed by atoms with Gasteiger partial charge in [0.2, 0.25) is 0 Å². The highest BCUT2D eigenvalue weighted by Gasteiger charge is 2.21. The van der Waals surface area contributed by atoms with Crippen LogP contribution in [0, 0.1) is 0 Å². The smallest absolute Gasteiger partial charge is 0.0891 e. The molecule has 0 aliphatic heterocycles. The van der Waals surface area contributed by atoms with Crippen LogP contribution in [-0.2, 0) is 6.42 Å². The van der Waals surface area contributed by atoms with Crippen LogP contribution >= 0.6 is 0 Å². The van der Waals surface area contributed by atoms with E-state index in [0.29, 0.717) is 5.92 Å². The highest BCUT2D eigenvalue weighted by atomic mass is 15.4. The van der Waals surface area contributed by atoms with Crippen LogP contribution in [-0.4, -0.2) is 19.6 Å². The van der Waals surface area contributed by atoms with Crippen LogP contribution in [0.2, 0.25) is 0 Å². The van der Waals surface area contributed by atoms with Crippen LogP contribution in [0.3, 0.4) is 0 Å². The molecule has 3 aromatic carbocycles. The van der Waals surface area contributed by atoms with Crippen molar-refractivity contribution in [1.82, 2.24) is 19.6 Å². The summed E-state index contributed by atoms with van der Waals surface area (Å²) in [4.78, 5) is 0. The van der Waals surface area contributed by atoms with Gasteiger partial charge >= 0.3 is 0 Å². The molecule has 0 spiro atoms. The van der Waals surface area contributed by atoms with Gasteiger partial charge in [0.1, 0.15) is 0 Å². The van der Waals surface area contributed by atoms with Crippen molar-refractivity contribution < 1.29 is 0 Å². The predicted molar refractivity (Wildman–Crippen MR) is 126 cm³/mol. The molecule has 4 heteroatoms. The van der Waals surface area contributed by atoms with E-state index in [1.54, 1.807) is 0 Å². The Morgan fingerprint density at radius 3 is 2.10 bits per heavy atom. The Morgan fingerprint density at radius 2 is 1.39 bits per heavy atom. The molecule has 0 N–H and O–H groups in total. The molecule has 1 unspecified atom stereocenters. The van der Waals surface area contributed by atoms with Gasteiger partial charge < -0.3 is 4.57 Å². The predicted octanol–water partition coefficient (Wildman–Crippen LogP) is 6.58. The van der Waals surface area contributed by atoms with Gasteiger partial charge in [-0.2, -0.15) is 0 Å². The first kappa shape index (κ1) is 18.4. The Morgan fingerprint density at radius 1 is 0.742 bits per heavy atom. The van der Waals surface area contributed by atoms with Gasteiger partial charge in [-0.1, -0.05) is 61.4 Å². The standard InChI is InChI=1S/C27H26N4/c1-19-9-3-2-4-14-26-27(19)28-29-31(26)21-17-15-20(16-18-21)30-24-12-7-5-10-22(24)23-11-6-8-13-25(23)30/h5-8,10-13,15-19H,2-4,9,14H2,1H3. The van der Waals surface area contributed by atoms with E-state index < -0.39 is 0 Å². The monoisotopic (exact) mass is 406 g/mol. The Labute approximate surface area is 182 Å². The van der Waals surface area contributed by atoms with E-state index in [-0.39, 0.29) is 0 Å². The van der Waals surface area contributed by atoms with Gasteiger partial charge in [-0.3, -0.25) is 0 Å². The second kappa shape index (κ2) is 7.38.